The average molecular weight is 379 g/mol. The molecule has 0 aliphatic rings. The summed E-state index contributed by atoms with van der Waals surface area (Å²) >= 11 is 0. The molecule has 3 amide bonds. The highest BCUT2D eigenvalue weighted by Crippen LogP contribution is 2.19. The molecule has 3 rings (SSSR count). The van der Waals surface area contributed by atoms with Gasteiger partial charge in [-0.3, -0.25) is 14.9 Å². The summed E-state index contributed by atoms with van der Waals surface area (Å²) in [6, 6.07) is 15.3. The van der Waals surface area contributed by atoms with E-state index in [4.69, 9.17) is 4.74 Å². The Morgan fingerprint density at radius 2 is 1.68 bits per heavy atom. The number of pyridine rings is 1. The van der Waals surface area contributed by atoms with Crippen molar-refractivity contribution in [2.24, 2.45) is 0 Å². The molecule has 8 heteroatoms. The third-order valence-electron chi connectivity index (χ3n) is 3.99. The van der Waals surface area contributed by atoms with Crippen LogP contribution in [0.2, 0.25) is 0 Å². The minimum atomic E-state index is -1.37. The van der Waals surface area contributed by atoms with Gasteiger partial charge in [-0.1, -0.05) is 42.5 Å². The predicted molar refractivity (Wildman–Crippen MR) is 102 cm³/mol. The summed E-state index contributed by atoms with van der Waals surface area (Å²) in [5.41, 5.74) is 0.387. The molecule has 0 fully saturated rings. The highest BCUT2D eigenvalue weighted by Gasteiger charge is 2.27. The molecule has 0 bridgehead atoms. The van der Waals surface area contributed by atoms with Gasteiger partial charge in [-0.25, -0.2) is 9.59 Å². The van der Waals surface area contributed by atoms with E-state index in [2.05, 4.69) is 15.6 Å². The maximum Gasteiger partial charge on any atom is 0.356 e. The highest BCUT2D eigenvalue weighted by molar-refractivity contribution is 5.99. The lowest BCUT2D eigenvalue weighted by atomic mass is 10.1. The zero-order valence-electron chi connectivity index (χ0n) is 14.9. The predicted octanol–water partition coefficient (Wildman–Crippen LogP) is 1.88. The number of fused-ring (bicyclic) bond motifs is 1. The van der Waals surface area contributed by atoms with Crippen molar-refractivity contribution in [3.05, 3.63) is 82.1 Å². The second-order valence-corrected chi connectivity index (χ2v) is 5.86. The fourth-order valence-electron chi connectivity index (χ4n) is 2.62. The quantitative estimate of drug-likeness (QED) is 0.599. The van der Waals surface area contributed by atoms with Crippen molar-refractivity contribution in [2.45, 2.75) is 6.10 Å². The van der Waals surface area contributed by atoms with E-state index in [1.54, 1.807) is 54.6 Å². The second-order valence-electron chi connectivity index (χ2n) is 5.86. The molecule has 3 aromatic rings. The molecule has 0 saturated heterocycles. The van der Waals surface area contributed by atoms with Crippen molar-refractivity contribution in [1.82, 2.24) is 15.6 Å². The van der Waals surface area contributed by atoms with Gasteiger partial charge in [0.15, 0.2) is 5.43 Å². The Kier molecular flexibility index (Phi) is 5.50. The van der Waals surface area contributed by atoms with Gasteiger partial charge in [0.25, 0.3) is 5.91 Å². The molecule has 2 aromatic carbocycles. The Balaban J connectivity index is 1.92. The molecule has 1 heterocycles. The lowest BCUT2D eigenvalue weighted by Gasteiger charge is -2.17. The Morgan fingerprint density at radius 1 is 1.00 bits per heavy atom. The summed E-state index contributed by atoms with van der Waals surface area (Å²) in [5, 5.41) is 4.77. The normalized spacial score (nSPS) is 11.5. The first-order valence-corrected chi connectivity index (χ1v) is 8.40. The SMILES string of the molecule is CNC(=O)NC(=O)[C@@H](OC(=O)c1cc(=O)c2ccccc2[nH]1)c1ccccc1. The van der Waals surface area contributed by atoms with Crippen LogP contribution in [-0.4, -0.2) is 29.9 Å². The molecule has 0 radical (unpaired) electrons. The first-order valence-electron chi connectivity index (χ1n) is 8.40. The van der Waals surface area contributed by atoms with E-state index in [1.165, 1.54) is 7.05 Å². The van der Waals surface area contributed by atoms with E-state index in [0.717, 1.165) is 6.07 Å². The van der Waals surface area contributed by atoms with Crippen LogP contribution in [0.25, 0.3) is 10.9 Å². The summed E-state index contributed by atoms with van der Waals surface area (Å²) < 4.78 is 5.33. The zero-order chi connectivity index (χ0) is 20.1. The lowest BCUT2D eigenvalue weighted by Crippen LogP contribution is -2.41. The number of ether oxygens (including phenoxy) is 1. The van der Waals surface area contributed by atoms with E-state index < -0.39 is 24.0 Å². The first-order chi connectivity index (χ1) is 13.5. The number of aromatic nitrogens is 1. The second kappa shape index (κ2) is 8.17. The number of benzene rings is 2. The van der Waals surface area contributed by atoms with Crippen LogP contribution in [-0.2, 0) is 9.53 Å². The minimum absolute atomic E-state index is 0.0997. The number of rotatable bonds is 4. The van der Waals surface area contributed by atoms with Crippen molar-refractivity contribution in [3.8, 4) is 0 Å². The fraction of sp³-hybridized carbons (Fsp3) is 0.100. The molecule has 0 aliphatic carbocycles. The van der Waals surface area contributed by atoms with Gasteiger partial charge in [-0.15, -0.1) is 0 Å². The van der Waals surface area contributed by atoms with Gasteiger partial charge in [0, 0.05) is 29.6 Å². The van der Waals surface area contributed by atoms with Crippen molar-refractivity contribution in [3.63, 3.8) is 0 Å². The fourth-order valence-corrected chi connectivity index (χ4v) is 2.62. The highest BCUT2D eigenvalue weighted by atomic mass is 16.5. The van der Waals surface area contributed by atoms with Gasteiger partial charge in [0.1, 0.15) is 5.69 Å². The van der Waals surface area contributed by atoms with Crippen LogP contribution >= 0.6 is 0 Å². The Labute approximate surface area is 159 Å². The lowest BCUT2D eigenvalue weighted by molar-refractivity contribution is -0.129. The van der Waals surface area contributed by atoms with Crippen molar-refractivity contribution >= 4 is 28.8 Å². The van der Waals surface area contributed by atoms with Crippen LogP contribution in [0.15, 0.2) is 65.5 Å². The number of hydrogen-bond donors (Lipinski definition) is 3. The molecule has 0 unspecified atom stereocenters. The monoisotopic (exact) mass is 379 g/mol. The van der Waals surface area contributed by atoms with Crippen LogP contribution in [0.3, 0.4) is 0 Å². The third kappa shape index (κ3) is 4.07. The van der Waals surface area contributed by atoms with Crippen LogP contribution in [0.4, 0.5) is 4.79 Å². The van der Waals surface area contributed by atoms with Crippen LogP contribution < -0.4 is 16.1 Å². The maximum atomic E-state index is 12.6. The van der Waals surface area contributed by atoms with E-state index >= 15 is 0 Å². The summed E-state index contributed by atoms with van der Waals surface area (Å²) in [7, 11) is 1.35. The molecule has 1 atom stereocenters. The number of carbonyl (C=O) groups excluding carboxylic acids is 3. The number of urea groups is 1. The number of para-hydroxylation sites is 1. The van der Waals surface area contributed by atoms with Crippen molar-refractivity contribution in [1.29, 1.82) is 0 Å². The zero-order valence-corrected chi connectivity index (χ0v) is 14.9. The van der Waals surface area contributed by atoms with Gasteiger partial charge in [0.2, 0.25) is 6.10 Å². The molecule has 3 N–H and O–H groups in total. The number of aromatic amines is 1. The molecule has 8 nitrogen and oxygen atoms in total. The van der Waals surface area contributed by atoms with E-state index in [9.17, 15) is 19.2 Å². The summed E-state index contributed by atoms with van der Waals surface area (Å²) in [6.07, 6.45) is -1.37. The Hall–Kier alpha value is -3.94. The van der Waals surface area contributed by atoms with Gasteiger partial charge in [0.05, 0.1) is 0 Å². The number of hydrogen-bond acceptors (Lipinski definition) is 5. The molecule has 142 valence electrons. The molecule has 0 spiro atoms. The van der Waals surface area contributed by atoms with Gasteiger partial charge in [-0.05, 0) is 12.1 Å². The number of imide groups is 1. The van der Waals surface area contributed by atoms with E-state index in [0.29, 0.717) is 16.5 Å². The van der Waals surface area contributed by atoms with Gasteiger partial charge < -0.3 is 15.0 Å². The van der Waals surface area contributed by atoms with Crippen LogP contribution in [0.5, 0.6) is 0 Å². The van der Waals surface area contributed by atoms with Crippen LogP contribution in [0.1, 0.15) is 22.2 Å². The minimum Gasteiger partial charge on any atom is -0.443 e. The molecular weight excluding hydrogens is 362 g/mol. The molecule has 0 saturated carbocycles. The summed E-state index contributed by atoms with van der Waals surface area (Å²) in [5.74, 6) is -1.72. The van der Waals surface area contributed by atoms with Crippen LogP contribution in [0, 0.1) is 0 Å². The number of esters is 1. The number of amides is 3. The summed E-state index contributed by atoms with van der Waals surface area (Å²) in [4.78, 5) is 51.6. The van der Waals surface area contributed by atoms with Gasteiger partial charge >= 0.3 is 12.0 Å². The maximum absolute atomic E-state index is 12.6. The molecular formula is C20H17N3O5. The molecule has 28 heavy (non-hydrogen) atoms. The van der Waals surface area contributed by atoms with E-state index in [-0.39, 0.29) is 11.1 Å². The largest absolute Gasteiger partial charge is 0.443 e. The third-order valence-corrected chi connectivity index (χ3v) is 3.99. The molecule has 1 aromatic heterocycles. The number of nitrogens with one attached hydrogen (secondary N) is 3. The number of carbonyl (C=O) groups is 3. The van der Waals surface area contributed by atoms with Gasteiger partial charge in [-0.2, -0.15) is 0 Å². The van der Waals surface area contributed by atoms with Crippen molar-refractivity contribution < 1.29 is 19.1 Å². The summed E-state index contributed by atoms with van der Waals surface area (Å²) in [6.45, 7) is 0. The average Bonchev–Trinajstić information content (AvgIpc) is 2.72. The standard InChI is InChI=1S/C20H17N3O5/c1-21-20(27)23-18(25)17(12-7-3-2-4-8-12)28-19(26)15-11-16(24)13-9-5-6-10-14(13)22-15/h2-11,17H,1H3,(H,22,24)(H2,21,23,25,27)/t17-/m0/s1. The van der Waals surface area contributed by atoms with Crippen molar-refractivity contribution in [2.75, 3.05) is 7.05 Å². The Bertz CT molecular complexity index is 1090. The topological polar surface area (TPSA) is 117 Å². The molecule has 0 aliphatic heterocycles. The smallest absolute Gasteiger partial charge is 0.356 e. The number of H-pyrrole nitrogens is 1. The van der Waals surface area contributed by atoms with E-state index in [1.807, 2.05) is 0 Å². The Morgan fingerprint density at radius 3 is 2.39 bits per heavy atom. The first kappa shape index (κ1) is 18.8.